The Hall–Kier alpha value is -1.47. The Morgan fingerprint density at radius 3 is 2.74 bits per heavy atom. The standard InChI is InChI=1S/C12H15BrN2O4/c1-2-14(7-6-11(16)17)8-9-4-3-5-10(12(9)13)15(18)19/h3-5H,2,6-8H2,1H3,(H,16,17). The van der Waals surface area contributed by atoms with Crippen LogP contribution >= 0.6 is 15.9 Å². The fourth-order valence-electron chi connectivity index (χ4n) is 1.67. The first kappa shape index (κ1) is 15.6. The molecule has 7 heteroatoms. The summed E-state index contributed by atoms with van der Waals surface area (Å²) in [6, 6.07) is 4.85. The summed E-state index contributed by atoms with van der Waals surface area (Å²) in [6.07, 6.45) is 0.0559. The van der Waals surface area contributed by atoms with Crippen LogP contribution in [0.4, 0.5) is 5.69 Å². The number of carboxylic acid groups (broad SMARTS) is 1. The molecule has 0 unspecified atom stereocenters. The Labute approximate surface area is 119 Å². The Morgan fingerprint density at radius 2 is 2.21 bits per heavy atom. The maximum atomic E-state index is 10.8. The lowest BCUT2D eigenvalue weighted by Gasteiger charge is -2.20. The van der Waals surface area contributed by atoms with Crippen LogP contribution in [0.15, 0.2) is 22.7 Å². The number of nitrogens with zero attached hydrogens (tertiary/aromatic N) is 2. The molecule has 0 bridgehead atoms. The van der Waals surface area contributed by atoms with Gasteiger partial charge >= 0.3 is 5.97 Å². The smallest absolute Gasteiger partial charge is 0.304 e. The lowest BCUT2D eigenvalue weighted by molar-refractivity contribution is -0.385. The van der Waals surface area contributed by atoms with Crippen molar-refractivity contribution in [2.24, 2.45) is 0 Å². The third kappa shape index (κ3) is 4.60. The molecule has 0 aromatic heterocycles. The molecule has 0 atom stereocenters. The lowest BCUT2D eigenvalue weighted by atomic mass is 10.2. The van der Waals surface area contributed by atoms with Gasteiger partial charge in [0.15, 0.2) is 0 Å². The summed E-state index contributed by atoms with van der Waals surface area (Å²) in [6.45, 7) is 3.50. The van der Waals surface area contributed by atoms with Crippen molar-refractivity contribution in [3.8, 4) is 0 Å². The summed E-state index contributed by atoms with van der Waals surface area (Å²) >= 11 is 3.23. The van der Waals surface area contributed by atoms with Crippen molar-refractivity contribution in [3.05, 3.63) is 38.3 Å². The highest BCUT2D eigenvalue weighted by Crippen LogP contribution is 2.29. The fourth-order valence-corrected chi connectivity index (χ4v) is 2.21. The van der Waals surface area contributed by atoms with Crippen LogP contribution in [-0.4, -0.2) is 34.0 Å². The van der Waals surface area contributed by atoms with E-state index in [0.29, 0.717) is 24.1 Å². The van der Waals surface area contributed by atoms with Gasteiger partial charge in [-0.2, -0.15) is 0 Å². The van der Waals surface area contributed by atoms with Crippen molar-refractivity contribution in [2.45, 2.75) is 19.9 Å². The largest absolute Gasteiger partial charge is 0.481 e. The minimum absolute atomic E-state index is 0.0202. The third-order valence-corrected chi connectivity index (χ3v) is 3.65. The van der Waals surface area contributed by atoms with Gasteiger partial charge in [-0.3, -0.25) is 19.8 Å². The second-order valence-corrected chi connectivity index (χ2v) is 4.81. The molecule has 0 saturated carbocycles. The summed E-state index contributed by atoms with van der Waals surface area (Å²) in [5.41, 5.74) is 0.799. The van der Waals surface area contributed by atoms with E-state index in [4.69, 9.17) is 5.11 Å². The number of hydrogen-bond donors (Lipinski definition) is 1. The highest BCUT2D eigenvalue weighted by Gasteiger charge is 2.16. The normalized spacial score (nSPS) is 10.7. The molecule has 0 amide bonds. The molecule has 0 saturated heterocycles. The lowest BCUT2D eigenvalue weighted by Crippen LogP contribution is -2.25. The molecule has 0 fully saturated rings. The molecule has 1 aromatic rings. The van der Waals surface area contributed by atoms with Crippen LogP contribution < -0.4 is 0 Å². The van der Waals surface area contributed by atoms with Gasteiger partial charge in [0.1, 0.15) is 0 Å². The summed E-state index contributed by atoms with van der Waals surface area (Å²) in [5.74, 6) is -0.850. The van der Waals surface area contributed by atoms with Crippen LogP contribution in [0.5, 0.6) is 0 Å². The van der Waals surface area contributed by atoms with E-state index in [-0.39, 0.29) is 12.1 Å². The minimum Gasteiger partial charge on any atom is -0.481 e. The molecule has 0 aliphatic heterocycles. The van der Waals surface area contributed by atoms with Crippen LogP contribution in [0.25, 0.3) is 0 Å². The Bertz CT molecular complexity index is 479. The van der Waals surface area contributed by atoms with E-state index < -0.39 is 10.9 Å². The Kier molecular flexibility index (Phi) is 5.91. The van der Waals surface area contributed by atoms with Gasteiger partial charge < -0.3 is 5.11 Å². The van der Waals surface area contributed by atoms with Crippen molar-refractivity contribution in [2.75, 3.05) is 13.1 Å². The van der Waals surface area contributed by atoms with Crippen molar-refractivity contribution >= 4 is 27.6 Å². The van der Waals surface area contributed by atoms with Gasteiger partial charge in [0.2, 0.25) is 0 Å². The van der Waals surface area contributed by atoms with E-state index in [2.05, 4.69) is 15.9 Å². The van der Waals surface area contributed by atoms with Gasteiger partial charge in [-0.1, -0.05) is 19.1 Å². The van der Waals surface area contributed by atoms with Gasteiger partial charge in [-0.05, 0) is 28.0 Å². The zero-order chi connectivity index (χ0) is 14.4. The molecular formula is C12H15BrN2O4. The number of carboxylic acids is 1. The van der Waals surface area contributed by atoms with Crippen molar-refractivity contribution in [1.82, 2.24) is 4.90 Å². The number of nitro groups is 1. The first-order valence-electron chi connectivity index (χ1n) is 5.81. The SMILES string of the molecule is CCN(CCC(=O)O)Cc1cccc([N+](=O)[O-])c1Br. The molecule has 104 valence electrons. The molecular weight excluding hydrogens is 316 g/mol. The van der Waals surface area contributed by atoms with E-state index in [1.54, 1.807) is 12.1 Å². The number of benzene rings is 1. The van der Waals surface area contributed by atoms with Crippen molar-refractivity contribution < 1.29 is 14.8 Å². The predicted octanol–water partition coefficient (Wildman–Crippen LogP) is 2.65. The maximum Gasteiger partial charge on any atom is 0.304 e. The highest BCUT2D eigenvalue weighted by atomic mass is 79.9. The second kappa shape index (κ2) is 7.20. The number of aliphatic carboxylic acids is 1. The van der Waals surface area contributed by atoms with Gasteiger partial charge in [-0.25, -0.2) is 0 Å². The molecule has 6 nitrogen and oxygen atoms in total. The fraction of sp³-hybridized carbons (Fsp3) is 0.417. The first-order valence-corrected chi connectivity index (χ1v) is 6.61. The number of hydrogen-bond acceptors (Lipinski definition) is 4. The highest BCUT2D eigenvalue weighted by molar-refractivity contribution is 9.10. The number of carbonyl (C=O) groups is 1. The van der Waals surface area contributed by atoms with Crippen LogP contribution in [0.1, 0.15) is 18.9 Å². The summed E-state index contributed by atoms with van der Waals surface area (Å²) in [4.78, 5) is 22.9. The van der Waals surface area contributed by atoms with Crippen LogP contribution in [-0.2, 0) is 11.3 Å². The third-order valence-electron chi connectivity index (χ3n) is 2.74. The van der Waals surface area contributed by atoms with Gasteiger partial charge in [0, 0.05) is 19.2 Å². The quantitative estimate of drug-likeness (QED) is 0.613. The Balaban J connectivity index is 2.82. The zero-order valence-electron chi connectivity index (χ0n) is 10.5. The molecule has 0 spiro atoms. The average molecular weight is 331 g/mol. The molecule has 19 heavy (non-hydrogen) atoms. The zero-order valence-corrected chi connectivity index (χ0v) is 12.1. The molecule has 0 radical (unpaired) electrons. The second-order valence-electron chi connectivity index (χ2n) is 4.02. The van der Waals surface area contributed by atoms with Crippen molar-refractivity contribution in [3.63, 3.8) is 0 Å². The summed E-state index contributed by atoms with van der Waals surface area (Å²) < 4.78 is 0.453. The monoisotopic (exact) mass is 330 g/mol. The topological polar surface area (TPSA) is 83.7 Å². The van der Waals surface area contributed by atoms with Crippen LogP contribution in [0.2, 0.25) is 0 Å². The maximum absolute atomic E-state index is 10.8. The van der Waals surface area contributed by atoms with E-state index in [0.717, 1.165) is 5.56 Å². The molecule has 1 N–H and O–H groups in total. The number of rotatable bonds is 7. The number of nitro benzene ring substituents is 1. The van der Waals surface area contributed by atoms with Gasteiger partial charge in [0.25, 0.3) is 5.69 Å². The molecule has 0 heterocycles. The van der Waals surface area contributed by atoms with Crippen LogP contribution in [0.3, 0.4) is 0 Å². The minimum atomic E-state index is -0.850. The summed E-state index contributed by atoms with van der Waals surface area (Å²) in [7, 11) is 0. The van der Waals surface area contributed by atoms with E-state index >= 15 is 0 Å². The summed E-state index contributed by atoms with van der Waals surface area (Å²) in [5, 5.41) is 19.5. The van der Waals surface area contributed by atoms with E-state index in [1.807, 2.05) is 11.8 Å². The predicted molar refractivity (Wildman–Crippen MR) is 74.0 cm³/mol. The molecule has 0 aliphatic carbocycles. The van der Waals surface area contributed by atoms with E-state index in [9.17, 15) is 14.9 Å². The molecule has 1 aromatic carbocycles. The van der Waals surface area contributed by atoms with Gasteiger partial charge in [0.05, 0.1) is 15.8 Å². The molecule has 0 aliphatic rings. The Morgan fingerprint density at radius 1 is 1.53 bits per heavy atom. The first-order chi connectivity index (χ1) is 8.95. The van der Waals surface area contributed by atoms with Crippen molar-refractivity contribution in [1.29, 1.82) is 0 Å². The average Bonchev–Trinajstić information content (AvgIpc) is 2.35. The van der Waals surface area contributed by atoms with Crippen LogP contribution in [0, 0.1) is 10.1 Å². The van der Waals surface area contributed by atoms with Gasteiger partial charge in [-0.15, -0.1) is 0 Å². The molecule has 1 rings (SSSR count). The number of halogens is 1. The van der Waals surface area contributed by atoms with E-state index in [1.165, 1.54) is 6.07 Å².